The minimum Gasteiger partial charge on any atom is -0.404 e. The molecule has 37 heavy (non-hydrogen) atoms. The molecule has 1 aliphatic rings. The number of carbonyl (C=O) groups excluding carboxylic acids is 2. The summed E-state index contributed by atoms with van der Waals surface area (Å²) in [6.07, 6.45) is -3.43. The molecule has 2 aromatic carbocycles. The van der Waals surface area contributed by atoms with E-state index in [1.165, 1.54) is 30.0 Å². The molecule has 0 radical (unpaired) electrons. The van der Waals surface area contributed by atoms with E-state index in [0.717, 1.165) is 11.8 Å². The third-order valence-corrected chi connectivity index (χ3v) is 6.47. The molecule has 196 valence electrons. The van der Waals surface area contributed by atoms with Gasteiger partial charge in [0.15, 0.2) is 5.78 Å². The van der Waals surface area contributed by atoms with Crippen LogP contribution in [0.15, 0.2) is 47.5 Å². The van der Waals surface area contributed by atoms with Crippen molar-refractivity contribution >= 4 is 39.9 Å². The van der Waals surface area contributed by atoms with E-state index in [1.54, 1.807) is 17.0 Å². The van der Waals surface area contributed by atoms with E-state index in [-0.39, 0.29) is 41.7 Å². The number of alkyl halides is 3. The number of anilines is 1. The van der Waals surface area contributed by atoms with Crippen molar-refractivity contribution in [2.24, 2.45) is 0 Å². The number of aromatic nitrogens is 2. The van der Waals surface area contributed by atoms with Crippen molar-refractivity contribution in [1.82, 2.24) is 14.5 Å². The standard InChI is InChI=1S/C25H24ClF3N4O4/c1-16(34)31-8-10-32(11-9-31)18-4-7-22-20(13-18)24(36)33(15-30-22)14-19(35)5-2-17-3-6-21(26)23(12-17)37-25(27,28)29/h3-4,6-7,12-13,15H,2,5,8-11,14H2,1H3. The fourth-order valence-corrected chi connectivity index (χ4v) is 4.35. The summed E-state index contributed by atoms with van der Waals surface area (Å²) in [4.78, 5) is 45.4. The summed E-state index contributed by atoms with van der Waals surface area (Å²) < 4.78 is 42.8. The lowest BCUT2D eigenvalue weighted by Gasteiger charge is -2.35. The van der Waals surface area contributed by atoms with E-state index >= 15 is 0 Å². The summed E-state index contributed by atoms with van der Waals surface area (Å²) in [5.74, 6) is -0.790. The zero-order valence-electron chi connectivity index (χ0n) is 19.9. The maximum absolute atomic E-state index is 13.1. The van der Waals surface area contributed by atoms with Gasteiger partial charge < -0.3 is 14.5 Å². The number of ketones is 1. The van der Waals surface area contributed by atoms with Gasteiger partial charge in [0.05, 0.1) is 28.8 Å². The molecule has 0 atom stereocenters. The molecule has 1 aromatic heterocycles. The van der Waals surface area contributed by atoms with Gasteiger partial charge in [0.1, 0.15) is 5.75 Å². The Morgan fingerprint density at radius 3 is 2.49 bits per heavy atom. The molecule has 3 aromatic rings. The molecule has 1 saturated heterocycles. The van der Waals surface area contributed by atoms with Crippen molar-refractivity contribution in [3.05, 3.63) is 63.7 Å². The Hall–Kier alpha value is -3.60. The maximum Gasteiger partial charge on any atom is 0.573 e. The summed E-state index contributed by atoms with van der Waals surface area (Å²) >= 11 is 5.76. The Balaban J connectivity index is 1.43. The van der Waals surface area contributed by atoms with Crippen LogP contribution in [0.5, 0.6) is 5.75 Å². The first-order chi connectivity index (χ1) is 17.5. The smallest absolute Gasteiger partial charge is 0.404 e. The van der Waals surface area contributed by atoms with Crippen LogP contribution in [-0.2, 0) is 22.6 Å². The summed E-state index contributed by atoms with van der Waals surface area (Å²) in [5.41, 5.74) is 1.40. The van der Waals surface area contributed by atoms with Crippen molar-refractivity contribution in [1.29, 1.82) is 0 Å². The highest BCUT2D eigenvalue weighted by atomic mass is 35.5. The lowest BCUT2D eigenvalue weighted by molar-refractivity contribution is -0.274. The average Bonchev–Trinajstić information content (AvgIpc) is 2.85. The van der Waals surface area contributed by atoms with Gasteiger partial charge in [-0.1, -0.05) is 17.7 Å². The molecule has 0 saturated carbocycles. The second-order valence-electron chi connectivity index (χ2n) is 8.72. The molecule has 0 spiro atoms. The molecule has 1 amide bonds. The Labute approximate surface area is 215 Å². The monoisotopic (exact) mass is 536 g/mol. The number of carbonyl (C=O) groups is 2. The number of nitrogens with zero attached hydrogens (tertiary/aromatic N) is 4. The van der Waals surface area contributed by atoms with Crippen molar-refractivity contribution < 1.29 is 27.5 Å². The Kier molecular flexibility index (Phi) is 7.72. The van der Waals surface area contributed by atoms with E-state index in [1.807, 2.05) is 6.07 Å². The largest absolute Gasteiger partial charge is 0.573 e. The number of amides is 1. The van der Waals surface area contributed by atoms with Crippen LogP contribution in [0, 0.1) is 0 Å². The van der Waals surface area contributed by atoms with Gasteiger partial charge in [-0.25, -0.2) is 4.98 Å². The van der Waals surface area contributed by atoms with Gasteiger partial charge in [-0.05, 0) is 42.3 Å². The van der Waals surface area contributed by atoms with Crippen LogP contribution >= 0.6 is 11.6 Å². The van der Waals surface area contributed by atoms with Crippen molar-refractivity contribution in [2.75, 3.05) is 31.1 Å². The van der Waals surface area contributed by atoms with Crippen LogP contribution in [0.25, 0.3) is 10.9 Å². The lowest BCUT2D eigenvalue weighted by Crippen LogP contribution is -2.48. The number of rotatable bonds is 7. The topological polar surface area (TPSA) is 84.7 Å². The zero-order chi connectivity index (χ0) is 26.7. The molecule has 0 aliphatic carbocycles. The predicted octanol–water partition coefficient (Wildman–Crippen LogP) is 3.82. The highest BCUT2D eigenvalue weighted by molar-refractivity contribution is 6.32. The lowest BCUT2D eigenvalue weighted by atomic mass is 10.1. The third kappa shape index (κ3) is 6.59. The highest BCUT2D eigenvalue weighted by Crippen LogP contribution is 2.31. The van der Waals surface area contributed by atoms with Crippen LogP contribution in [0.2, 0.25) is 5.02 Å². The molecule has 12 heteroatoms. The molecule has 4 rings (SSSR count). The van der Waals surface area contributed by atoms with Gasteiger partial charge in [0.2, 0.25) is 5.91 Å². The van der Waals surface area contributed by atoms with E-state index in [0.29, 0.717) is 42.6 Å². The summed E-state index contributed by atoms with van der Waals surface area (Å²) in [6.45, 7) is 3.78. The number of Topliss-reactive ketones (excluding diaryl/α,β-unsaturated/α-hetero) is 1. The Bertz CT molecular complexity index is 1380. The van der Waals surface area contributed by atoms with E-state index in [2.05, 4.69) is 14.6 Å². The minimum atomic E-state index is -4.88. The van der Waals surface area contributed by atoms with Crippen LogP contribution < -0.4 is 15.2 Å². The molecule has 1 aliphatic heterocycles. The first kappa shape index (κ1) is 26.5. The molecule has 0 unspecified atom stereocenters. The number of benzene rings is 2. The number of ether oxygens (including phenoxy) is 1. The second-order valence-corrected chi connectivity index (χ2v) is 9.13. The molecule has 2 heterocycles. The molecular weight excluding hydrogens is 513 g/mol. The Morgan fingerprint density at radius 1 is 1.08 bits per heavy atom. The average molecular weight is 537 g/mol. The van der Waals surface area contributed by atoms with Crippen molar-refractivity contribution in [3.8, 4) is 5.75 Å². The Morgan fingerprint density at radius 2 is 1.81 bits per heavy atom. The molecular formula is C25H24ClF3N4O4. The number of hydrogen-bond donors (Lipinski definition) is 0. The number of halogens is 4. The minimum absolute atomic E-state index is 0.00195. The van der Waals surface area contributed by atoms with Crippen molar-refractivity contribution in [3.63, 3.8) is 0 Å². The summed E-state index contributed by atoms with van der Waals surface area (Å²) in [7, 11) is 0. The number of aryl methyl sites for hydroxylation is 1. The first-order valence-corrected chi connectivity index (χ1v) is 11.9. The van der Waals surface area contributed by atoms with Gasteiger partial charge >= 0.3 is 6.36 Å². The van der Waals surface area contributed by atoms with Crippen LogP contribution in [-0.4, -0.2) is 58.7 Å². The van der Waals surface area contributed by atoms with E-state index < -0.39 is 12.1 Å². The molecule has 8 nitrogen and oxygen atoms in total. The molecule has 0 N–H and O–H groups in total. The quantitative estimate of drug-likeness (QED) is 0.456. The summed E-state index contributed by atoms with van der Waals surface area (Å²) in [6, 6.07) is 9.29. The molecule has 1 fully saturated rings. The third-order valence-electron chi connectivity index (χ3n) is 6.16. The van der Waals surface area contributed by atoms with Crippen LogP contribution in [0.1, 0.15) is 18.9 Å². The van der Waals surface area contributed by atoms with E-state index in [9.17, 15) is 27.6 Å². The summed E-state index contributed by atoms with van der Waals surface area (Å²) in [5, 5.41) is 0.176. The fourth-order valence-electron chi connectivity index (χ4n) is 4.19. The first-order valence-electron chi connectivity index (χ1n) is 11.6. The van der Waals surface area contributed by atoms with Crippen molar-refractivity contribution in [2.45, 2.75) is 32.7 Å². The van der Waals surface area contributed by atoms with E-state index in [4.69, 9.17) is 11.6 Å². The van der Waals surface area contributed by atoms with Gasteiger partial charge in [-0.15, -0.1) is 13.2 Å². The SMILES string of the molecule is CC(=O)N1CCN(c2ccc3ncn(CC(=O)CCc4ccc(Cl)c(OC(F)(F)F)c4)c(=O)c3c2)CC1. The zero-order valence-corrected chi connectivity index (χ0v) is 20.7. The number of hydrogen-bond acceptors (Lipinski definition) is 6. The number of piperazine rings is 1. The van der Waals surface area contributed by atoms with Crippen LogP contribution in [0.4, 0.5) is 18.9 Å². The predicted molar refractivity (Wildman–Crippen MR) is 132 cm³/mol. The number of fused-ring (bicyclic) bond motifs is 1. The highest BCUT2D eigenvalue weighted by Gasteiger charge is 2.32. The second kappa shape index (κ2) is 10.8. The maximum atomic E-state index is 13.1. The normalized spacial score (nSPS) is 14.2. The molecule has 0 bridgehead atoms. The van der Waals surface area contributed by atoms with Gasteiger partial charge in [0.25, 0.3) is 5.56 Å². The van der Waals surface area contributed by atoms with Gasteiger partial charge in [-0.3, -0.25) is 19.0 Å². The van der Waals surface area contributed by atoms with Crippen LogP contribution in [0.3, 0.4) is 0 Å². The van der Waals surface area contributed by atoms with Gasteiger partial charge in [-0.2, -0.15) is 0 Å². The fraction of sp³-hybridized carbons (Fsp3) is 0.360. The van der Waals surface area contributed by atoms with Gasteiger partial charge in [0, 0.05) is 45.2 Å².